The topological polar surface area (TPSA) is 3.88 Å². The van der Waals surface area contributed by atoms with E-state index in [1.54, 1.807) is 11.1 Å². The number of nitrogens with zero attached hydrogens (tertiary/aromatic N) is 1. The highest BCUT2D eigenvalue weighted by Gasteiger charge is 2.36. The Hall–Kier alpha value is -2.41. The first-order valence-corrected chi connectivity index (χ1v) is 10.8. The molecule has 2 aliphatic rings. The lowest BCUT2D eigenvalue weighted by atomic mass is 9.70. The van der Waals surface area contributed by atoms with Crippen LogP contribution in [0.25, 0.3) is 22.4 Å². The molecule has 1 fully saturated rings. The molecular weight excluding hydrogens is 338 g/mol. The van der Waals surface area contributed by atoms with Crippen molar-refractivity contribution in [1.82, 2.24) is 0 Å². The fraction of sp³-hybridized carbons (Fsp3) is 0.370. The van der Waals surface area contributed by atoms with Crippen LogP contribution in [0.4, 0.5) is 0 Å². The largest absolute Gasteiger partial charge is 0.213 e. The third-order valence-electron chi connectivity index (χ3n) is 7.26. The number of hydrogen-bond acceptors (Lipinski definition) is 0. The third-order valence-corrected chi connectivity index (χ3v) is 7.26. The van der Waals surface area contributed by atoms with Crippen LogP contribution >= 0.6 is 0 Å². The molecule has 1 heterocycles. The number of aromatic nitrogens is 1. The smallest absolute Gasteiger partial charge is 0.201 e. The molecule has 1 heteroatoms. The molecule has 142 valence electrons. The summed E-state index contributed by atoms with van der Waals surface area (Å²) in [6.07, 6.45) is 11.9. The van der Waals surface area contributed by atoms with E-state index in [2.05, 4.69) is 79.3 Å². The van der Waals surface area contributed by atoms with Gasteiger partial charge in [-0.05, 0) is 78.3 Å². The van der Waals surface area contributed by atoms with Gasteiger partial charge in [0.25, 0.3) is 0 Å². The Bertz CT molecular complexity index is 1020. The van der Waals surface area contributed by atoms with E-state index in [1.807, 2.05) is 0 Å². The molecule has 0 aliphatic heterocycles. The monoisotopic (exact) mass is 368 g/mol. The maximum absolute atomic E-state index is 2.49. The first-order chi connectivity index (χ1) is 13.6. The van der Waals surface area contributed by atoms with E-state index in [-0.39, 0.29) is 0 Å². The maximum atomic E-state index is 2.49. The average Bonchev–Trinajstić information content (AvgIpc) is 3.16. The molecule has 1 saturated carbocycles. The molecule has 1 nitrogen and oxygen atoms in total. The van der Waals surface area contributed by atoms with E-state index >= 15 is 0 Å². The van der Waals surface area contributed by atoms with Crippen molar-refractivity contribution in [3.8, 4) is 22.4 Å². The van der Waals surface area contributed by atoms with Gasteiger partial charge in [-0.15, -0.1) is 0 Å². The molecule has 0 bridgehead atoms. The van der Waals surface area contributed by atoms with Gasteiger partial charge in [0.15, 0.2) is 6.20 Å². The fourth-order valence-corrected chi connectivity index (χ4v) is 5.54. The fourth-order valence-electron chi connectivity index (χ4n) is 5.54. The van der Waals surface area contributed by atoms with Gasteiger partial charge in [-0.2, -0.15) is 0 Å². The van der Waals surface area contributed by atoms with E-state index in [4.69, 9.17) is 0 Å². The van der Waals surface area contributed by atoms with Crippen LogP contribution in [0.2, 0.25) is 0 Å². The van der Waals surface area contributed by atoms with Crippen LogP contribution in [0.1, 0.15) is 48.8 Å². The van der Waals surface area contributed by atoms with Gasteiger partial charge in [-0.25, -0.2) is 4.57 Å². The summed E-state index contributed by atoms with van der Waals surface area (Å²) >= 11 is 0. The molecule has 28 heavy (non-hydrogen) atoms. The van der Waals surface area contributed by atoms with E-state index < -0.39 is 0 Å². The summed E-state index contributed by atoms with van der Waals surface area (Å²) in [5, 5.41) is 0. The molecule has 1 aromatic heterocycles. The number of aryl methyl sites for hydroxylation is 3. The number of hydrogen-bond donors (Lipinski definition) is 0. The summed E-state index contributed by atoms with van der Waals surface area (Å²) < 4.78 is 2.23. The van der Waals surface area contributed by atoms with Crippen molar-refractivity contribution in [2.45, 2.75) is 51.9 Å². The van der Waals surface area contributed by atoms with Crippen LogP contribution in [-0.4, -0.2) is 0 Å². The molecule has 0 amide bonds. The second-order valence-corrected chi connectivity index (χ2v) is 9.09. The van der Waals surface area contributed by atoms with Crippen molar-refractivity contribution in [3.63, 3.8) is 0 Å². The number of benzene rings is 2. The molecule has 0 N–H and O–H groups in total. The lowest BCUT2D eigenvalue weighted by Gasteiger charge is -2.35. The molecule has 0 unspecified atom stereocenters. The predicted octanol–water partition coefficient (Wildman–Crippen LogP) is 6.20. The zero-order valence-corrected chi connectivity index (χ0v) is 17.2. The zero-order chi connectivity index (χ0) is 19.1. The van der Waals surface area contributed by atoms with Crippen molar-refractivity contribution >= 4 is 0 Å². The van der Waals surface area contributed by atoms with Crippen molar-refractivity contribution < 1.29 is 4.57 Å². The quantitative estimate of drug-likeness (QED) is 0.474. The normalized spacial score (nSPS) is 17.6. The van der Waals surface area contributed by atoms with Crippen molar-refractivity contribution in [2.24, 2.45) is 12.5 Å². The first kappa shape index (κ1) is 17.7. The molecule has 0 saturated heterocycles. The minimum atomic E-state index is 0.612. The molecule has 1 spiro atoms. The molecule has 5 rings (SSSR count). The van der Waals surface area contributed by atoms with Crippen molar-refractivity contribution in [3.05, 3.63) is 77.5 Å². The van der Waals surface area contributed by atoms with Gasteiger partial charge in [0.05, 0.1) is 0 Å². The van der Waals surface area contributed by atoms with Gasteiger partial charge >= 0.3 is 0 Å². The zero-order valence-electron chi connectivity index (χ0n) is 17.2. The van der Waals surface area contributed by atoms with E-state index in [1.165, 1.54) is 72.9 Å². The first-order valence-electron chi connectivity index (χ1n) is 10.8. The Kier molecular flexibility index (Phi) is 4.34. The Balaban J connectivity index is 1.54. The van der Waals surface area contributed by atoms with Gasteiger partial charge in [-0.3, -0.25) is 0 Å². The third kappa shape index (κ3) is 3.07. The lowest BCUT2D eigenvalue weighted by molar-refractivity contribution is -0.660. The van der Waals surface area contributed by atoms with Crippen LogP contribution in [0, 0.1) is 12.3 Å². The Morgan fingerprint density at radius 1 is 0.821 bits per heavy atom. The maximum Gasteiger partial charge on any atom is 0.213 e. The second-order valence-electron chi connectivity index (χ2n) is 9.09. The molecule has 0 atom stereocenters. The summed E-state index contributed by atoms with van der Waals surface area (Å²) in [6, 6.07) is 20.5. The van der Waals surface area contributed by atoms with Gasteiger partial charge in [0, 0.05) is 17.7 Å². The van der Waals surface area contributed by atoms with Crippen LogP contribution < -0.4 is 4.57 Å². The highest BCUT2D eigenvalue weighted by molar-refractivity contribution is 5.71. The van der Waals surface area contributed by atoms with Crippen LogP contribution in [0.3, 0.4) is 0 Å². The summed E-state index contributed by atoms with van der Waals surface area (Å²) in [6.45, 7) is 2.20. The lowest BCUT2D eigenvalue weighted by Crippen LogP contribution is -2.30. The van der Waals surface area contributed by atoms with Gasteiger partial charge in [-0.1, -0.05) is 49.2 Å². The summed E-state index contributed by atoms with van der Waals surface area (Å²) in [5.74, 6) is 0. The predicted molar refractivity (Wildman–Crippen MR) is 116 cm³/mol. The second kappa shape index (κ2) is 6.88. The van der Waals surface area contributed by atoms with Crippen LogP contribution in [0.5, 0.6) is 0 Å². The molecular formula is C27H30N+. The highest BCUT2D eigenvalue weighted by atomic mass is 14.9. The van der Waals surface area contributed by atoms with Crippen molar-refractivity contribution in [2.75, 3.05) is 0 Å². The van der Waals surface area contributed by atoms with Crippen molar-refractivity contribution in [1.29, 1.82) is 0 Å². The summed E-state index contributed by atoms with van der Waals surface area (Å²) in [5.41, 5.74) is 10.4. The Morgan fingerprint density at radius 2 is 1.61 bits per heavy atom. The number of pyridine rings is 1. The highest BCUT2D eigenvalue weighted by Crippen LogP contribution is 2.48. The Labute approximate surface area is 169 Å². The summed E-state index contributed by atoms with van der Waals surface area (Å²) in [7, 11) is 2.14. The minimum Gasteiger partial charge on any atom is -0.201 e. The Morgan fingerprint density at radius 3 is 2.43 bits per heavy atom. The molecule has 2 aliphatic carbocycles. The van der Waals surface area contributed by atoms with Gasteiger partial charge < -0.3 is 0 Å². The van der Waals surface area contributed by atoms with E-state index in [9.17, 15) is 0 Å². The standard InChI is InChI=1S/C27H30N/c1-20-7-3-4-8-25(20)26-18-23(12-16-28(26)2)22-10-9-21-11-15-27(13-5-6-14-27)19-24(21)17-22/h3-4,7-10,12,16-18H,5-6,11,13-15,19H2,1-2H3/q+1. The number of fused-ring (bicyclic) bond motifs is 1. The van der Waals surface area contributed by atoms with Gasteiger partial charge in [0.1, 0.15) is 7.05 Å². The average molecular weight is 369 g/mol. The number of rotatable bonds is 2. The van der Waals surface area contributed by atoms with Crippen LogP contribution in [-0.2, 0) is 19.9 Å². The van der Waals surface area contributed by atoms with E-state index in [0.717, 1.165) is 0 Å². The molecule has 0 radical (unpaired) electrons. The summed E-state index contributed by atoms with van der Waals surface area (Å²) in [4.78, 5) is 0. The van der Waals surface area contributed by atoms with Gasteiger partial charge in [0.2, 0.25) is 5.69 Å². The van der Waals surface area contributed by atoms with E-state index in [0.29, 0.717) is 5.41 Å². The van der Waals surface area contributed by atoms with Crippen LogP contribution in [0.15, 0.2) is 60.8 Å². The minimum absolute atomic E-state index is 0.612. The molecule has 2 aromatic carbocycles. The SMILES string of the molecule is Cc1ccccc1-c1cc(-c2ccc3c(c2)CC2(CCCC2)CC3)cc[n+]1C. The molecule has 3 aromatic rings.